The summed E-state index contributed by atoms with van der Waals surface area (Å²) < 4.78 is 1.04. The van der Waals surface area contributed by atoms with E-state index in [2.05, 4.69) is 61.5 Å². The number of nitrogens with one attached hydrogen (secondary N) is 1. The minimum Gasteiger partial charge on any atom is -0.481 e. The van der Waals surface area contributed by atoms with Gasteiger partial charge in [0.2, 0.25) is 0 Å². The third-order valence-corrected chi connectivity index (χ3v) is 7.29. The molecule has 3 heterocycles. The molecule has 29 heavy (non-hydrogen) atoms. The molecule has 0 saturated carbocycles. The zero-order valence-electron chi connectivity index (χ0n) is 16.8. The number of anilines is 2. The molecule has 0 amide bonds. The van der Waals surface area contributed by atoms with Crippen LogP contribution in [0.1, 0.15) is 25.0 Å². The van der Waals surface area contributed by atoms with E-state index in [1.54, 1.807) is 25.2 Å². The van der Waals surface area contributed by atoms with Gasteiger partial charge >= 0.3 is 5.97 Å². The summed E-state index contributed by atoms with van der Waals surface area (Å²) >= 11 is 5.38. The molecule has 1 aromatic carbocycles. The van der Waals surface area contributed by atoms with Crippen LogP contribution in [0.5, 0.6) is 0 Å². The third-order valence-electron chi connectivity index (χ3n) is 5.47. The molecule has 6 nitrogen and oxygen atoms in total. The summed E-state index contributed by atoms with van der Waals surface area (Å²) in [5, 5.41) is 16.2. The average Bonchev–Trinajstić information content (AvgIpc) is 2.93. The summed E-state index contributed by atoms with van der Waals surface area (Å²) in [6.07, 6.45) is 0. The number of benzene rings is 1. The molecule has 0 spiro atoms. The number of thiophene rings is 1. The number of nitrogens with zero attached hydrogens (tertiary/aromatic N) is 3. The van der Waals surface area contributed by atoms with E-state index >= 15 is 0 Å². The summed E-state index contributed by atoms with van der Waals surface area (Å²) in [7, 11) is 0. The number of fused-ring (bicyclic) bond motifs is 2. The Morgan fingerprint density at radius 2 is 2.03 bits per heavy atom. The molecule has 0 radical (unpaired) electrons. The maximum absolute atomic E-state index is 11.5. The quantitative estimate of drug-likeness (QED) is 0.672. The van der Waals surface area contributed by atoms with Gasteiger partial charge in [-0.25, -0.2) is 4.99 Å². The van der Waals surface area contributed by atoms with Gasteiger partial charge in [-0.05, 0) is 54.4 Å². The molecule has 2 aliphatic rings. The van der Waals surface area contributed by atoms with Gasteiger partial charge in [-0.3, -0.25) is 9.69 Å². The topological polar surface area (TPSA) is 68.2 Å². The van der Waals surface area contributed by atoms with E-state index in [4.69, 9.17) is 4.99 Å². The van der Waals surface area contributed by atoms with Crippen molar-refractivity contribution in [3.63, 3.8) is 0 Å². The first kappa shape index (κ1) is 20.4. The molecule has 0 bridgehead atoms. The zero-order valence-corrected chi connectivity index (χ0v) is 19.2. The number of carbonyl (C=O) groups is 1. The molecule has 2 aliphatic heterocycles. The number of carboxylic acid groups (broad SMARTS) is 1. The van der Waals surface area contributed by atoms with Crippen molar-refractivity contribution in [3.8, 4) is 0 Å². The fourth-order valence-corrected chi connectivity index (χ4v) is 5.36. The van der Waals surface area contributed by atoms with Crippen molar-refractivity contribution < 1.29 is 9.90 Å². The largest absolute Gasteiger partial charge is 0.481 e. The first-order chi connectivity index (χ1) is 13.7. The van der Waals surface area contributed by atoms with Crippen molar-refractivity contribution in [1.82, 2.24) is 9.80 Å². The maximum atomic E-state index is 11.5. The lowest BCUT2D eigenvalue weighted by Crippen LogP contribution is -2.52. The molecule has 4 rings (SSSR count). The highest BCUT2D eigenvalue weighted by Gasteiger charge is 2.33. The summed E-state index contributed by atoms with van der Waals surface area (Å²) in [5.74, 6) is 0.221. The predicted molar refractivity (Wildman–Crippen MR) is 122 cm³/mol. The van der Waals surface area contributed by atoms with Crippen LogP contribution in [0, 0.1) is 12.3 Å². The number of hydrogen-bond donors (Lipinski definition) is 2. The van der Waals surface area contributed by atoms with E-state index in [-0.39, 0.29) is 0 Å². The lowest BCUT2D eigenvalue weighted by Gasteiger charge is -2.38. The minimum absolute atomic E-state index is 0.555. The standard InChI is InChI=1S/C21H25BrN4O2S/c1-13-4-5-15-16(10-13)24-19-17(14(22)11-29-19)18(23-15)26-8-6-25(7-9-26)12-21(2,3)20(27)28/h4-5,10-11,24H,6-9,12H2,1-3H3,(H,27,28). The molecular formula is C21H25BrN4O2S. The summed E-state index contributed by atoms with van der Waals surface area (Å²) in [6.45, 7) is 9.49. The highest BCUT2D eigenvalue weighted by atomic mass is 79.9. The molecule has 2 N–H and O–H groups in total. The van der Waals surface area contributed by atoms with E-state index in [1.807, 2.05) is 0 Å². The maximum Gasteiger partial charge on any atom is 0.310 e. The number of amidine groups is 1. The van der Waals surface area contributed by atoms with Crippen LogP contribution in [-0.2, 0) is 4.79 Å². The number of piperazine rings is 1. The number of halogens is 1. The van der Waals surface area contributed by atoms with E-state index in [0.717, 1.165) is 58.4 Å². The van der Waals surface area contributed by atoms with Gasteiger partial charge in [-0.1, -0.05) is 6.07 Å². The van der Waals surface area contributed by atoms with Crippen LogP contribution in [0.4, 0.5) is 16.4 Å². The molecule has 1 saturated heterocycles. The van der Waals surface area contributed by atoms with Gasteiger partial charge < -0.3 is 15.3 Å². The molecule has 8 heteroatoms. The van der Waals surface area contributed by atoms with Crippen LogP contribution >= 0.6 is 27.3 Å². The number of carboxylic acids is 1. The molecular weight excluding hydrogens is 452 g/mol. The lowest BCUT2D eigenvalue weighted by atomic mass is 9.93. The van der Waals surface area contributed by atoms with Crippen LogP contribution < -0.4 is 5.32 Å². The molecule has 154 valence electrons. The second-order valence-electron chi connectivity index (χ2n) is 8.32. The Morgan fingerprint density at radius 1 is 1.31 bits per heavy atom. The summed E-state index contributed by atoms with van der Waals surface area (Å²) in [5.41, 5.74) is 3.52. The first-order valence-corrected chi connectivity index (χ1v) is 11.4. The minimum atomic E-state index is -0.752. The van der Waals surface area contributed by atoms with Crippen LogP contribution in [-0.4, -0.2) is 59.4 Å². The fourth-order valence-electron chi connectivity index (χ4n) is 3.75. The Balaban J connectivity index is 1.60. The van der Waals surface area contributed by atoms with Crippen LogP contribution in [0.3, 0.4) is 0 Å². The van der Waals surface area contributed by atoms with Crippen molar-refractivity contribution in [2.45, 2.75) is 20.8 Å². The Labute approximate surface area is 183 Å². The molecule has 2 aromatic rings. The molecule has 1 aromatic heterocycles. The van der Waals surface area contributed by atoms with Gasteiger partial charge in [0.1, 0.15) is 10.8 Å². The van der Waals surface area contributed by atoms with Gasteiger partial charge in [0.05, 0.1) is 22.4 Å². The summed E-state index contributed by atoms with van der Waals surface area (Å²) in [4.78, 5) is 21.1. The van der Waals surface area contributed by atoms with Crippen molar-refractivity contribution in [3.05, 3.63) is 39.2 Å². The Bertz CT molecular complexity index is 977. The highest BCUT2D eigenvalue weighted by Crippen LogP contribution is 2.41. The van der Waals surface area contributed by atoms with Crippen molar-refractivity contribution in [2.24, 2.45) is 10.4 Å². The average molecular weight is 477 g/mol. The Hall–Kier alpha value is -1.90. The van der Waals surface area contributed by atoms with Crippen molar-refractivity contribution in [1.29, 1.82) is 0 Å². The van der Waals surface area contributed by atoms with Gasteiger partial charge in [-0.2, -0.15) is 0 Å². The number of aryl methyl sites for hydroxylation is 1. The van der Waals surface area contributed by atoms with Crippen LogP contribution in [0.15, 0.2) is 33.0 Å². The Morgan fingerprint density at radius 3 is 2.72 bits per heavy atom. The van der Waals surface area contributed by atoms with E-state index in [0.29, 0.717) is 6.54 Å². The van der Waals surface area contributed by atoms with Gasteiger partial charge in [0, 0.05) is 42.6 Å². The van der Waals surface area contributed by atoms with Crippen LogP contribution in [0.2, 0.25) is 0 Å². The normalized spacial score (nSPS) is 17.1. The lowest BCUT2D eigenvalue weighted by molar-refractivity contribution is -0.148. The van der Waals surface area contributed by atoms with E-state index in [1.165, 1.54) is 5.56 Å². The van der Waals surface area contributed by atoms with E-state index < -0.39 is 11.4 Å². The number of aliphatic carboxylic acids is 1. The van der Waals surface area contributed by atoms with Crippen molar-refractivity contribution in [2.75, 3.05) is 38.0 Å². The SMILES string of the molecule is Cc1ccc2c(c1)Nc1scc(Br)c1C(N1CCN(CC(C)(C)C(=O)O)CC1)=N2. The highest BCUT2D eigenvalue weighted by molar-refractivity contribution is 9.10. The summed E-state index contributed by atoms with van der Waals surface area (Å²) in [6, 6.07) is 6.28. The third kappa shape index (κ3) is 4.06. The number of aliphatic imine (C=N–C) groups is 1. The molecule has 0 aliphatic carbocycles. The second-order valence-corrected chi connectivity index (χ2v) is 10.1. The second kappa shape index (κ2) is 7.74. The van der Waals surface area contributed by atoms with Crippen LogP contribution in [0.25, 0.3) is 0 Å². The molecule has 1 fully saturated rings. The Kier molecular flexibility index (Phi) is 5.44. The van der Waals surface area contributed by atoms with Crippen molar-refractivity contribution >= 4 is 55.4 Å². The smallest absolute Gasteiger partial charge is 0.310 e. The zero-order chi connectivity index (χ0) is 20.8. The van der Waals surface area contributed by atoms with Gasteiger partial charge in [0.15, 0.2) is 0 Å². The number of rotatable bonds is 3. The van der Waals surface area contributed by atoms with Gasteiger partial charge in [0.25, 0.3) is 0 Å². The fraction of sp³-hybridized carbons (Fsp3) is 0.429. The first-order valence-electron chi connectivity index (χ1n) is 9.69. The predicted octanol–water partition coefficient (Wildman–Crippen LogP) is 4.68. The van der Waals surface area contributed by atoms with E-state index in [9.17, 15) is 9.90 Å². The number of hydrogen-bond acceptors (Lipinski definition) is 6. The van der Waals surface area contributed by atoms with Gasteiger partial charge in [-0.15, -0.1) is 11.3 Å². The molecule has 0 atom stereocenters. The monoisotopic (exact) mass is 476 g/mol. The molecule has 0 unspecified atom stereocenters.